The Labute approximate surface area is 152 Å². The van der Waals surface area contributed by atoms with E-state index in [1.54, 1.807) is 13.8 Å². The van der Waals surface area contributed by atoms with E-state index in [4.69, 9.17) is 10.00 Å². The lowest BCUT2D eigenvalue weighted by atomic mass is 9.67. The molecule has 9 heteroatoms. The molecule has 3 fully saturated rings. The van der Waals surface area contributed by atoms with Gasteiger partial charge in [-0.15, -0.1) is 0 Å². The fourth-order valence-electron chi connectivity index (χ4n) is 4.78. The predicted octanol–water partition coefficient (Wildman–Crippen LogP) is 1.99. The maximum atomic E-state index is 13.2. The highest BCUT2D eigenvalue weighted by molar-refractivity contribution is 6.23. The molecule has 142 valence electrons. The molecule has 2 bridgehead atoms. The molecule has 3 aliphatic heterocycles. The summed E-state index contributed by atoms with van der Waals surface area (Å²) in [6.45, 7) is 3.17. The van der Waals surface area contributed by atoms with E-state index in [1.807, 2.05) is 0 Å². The number of nitriles is 1. The quantitative estimate of drug-likeness (QED) is 0.753. The van der Waals surface area contributed by atoms with Gasteiger partial charge < -0.3 is 9.84 Å². The van der Waals surface area contributed by atoms with Crippen LogP contribution in [0, 0.1) is 23.2 Å². The lowest BCUT2D eigenvalue weighted by molar-refractivity contribution is -0.138. The molecule has 3 aliphatic rings. The SMILES string of the molecule is CC12C[C@H](O)C(C)(O1)[C@H]1C(=O)N(c3ccc(C#N)c(C(F)(F)F)c3)C(=O)[C@H]12. The fourth-order valence-corrected chi connectivity index (χ4v) is 4.78. The number of fused-ring (bicyclic) bond motifs is 5. The third-order valence-electron chi connectivity index (χ3n) is 5.98. The third kappa shape index (κ3) is 2.14. The van der Waals surface area contributed by atoms with E-state index >= 15 is 0 Å². The number of hydrogen-bond acceptors (Lipinski definition) is 5. The van der Waals surface area contributed by atoms with Crippen LogP contribution in [0.2, 0.25) is 0 Å². The number of nitrogens with zero attached hydrogens (tertiary/aromatic N) is 2. The van der Waals surface area contributed by atoms with Crippen LogP contribution in [0.3, 0.4) is 0 Å². The molecule has 3 saturated heterocycles. The number of carbonyl (C=O) groups excluding carboxylic acids is 2. The molecule has 0 aliphatic carbocycles. The summed E-state index contributed by atoms with van der Waals surface area (Å²) in [5, 5.41) is 19.2. The molecule has 1 aromatic carbocycles. The van der Waals surface area contributed by atoms with Gasteiger partial charge in [-0.25, -0.2) is 4.90 Å². The van der Waals surface area contributed by atoms with Crippen molar-refractivity contribution in [3.05, 3.63) is 29.3 Å². The van der Waals surface area contributed by atoms with Crippen LogP contribution in [0.5, 0.6) is 0 Å². The number of benzene rings is 1. The van der Waals surface area contributed by atoms with Crippen molar-refractivity contribution in [2.45, 2.75) is 43.8 Å². The maximum Gasteiger partial charge on any atom is 0.417 e. The van der Waals surface area contributed by atoms with Crippen molar-refractivity contribution in [3.8, 4) is 6.07 Å². The second kappa shape index (κ2) is 5.09. The monoisotopic (exact) mass is 380 g/mol. The number of carbonyl (C=O) groups is 2. The van der Waals surface area contributed by atoms with Gasteiger partial charge in [0.05, 0.1) is 46.4 Å². The normalized spacial score (nSPS) is 37.7. The molecule has 3 heterocycles. The molecule has 2 unspecified atom stereocenters. The maximum absolute atomic E-state index is 13.2. The predicted molar refractivity (Wildman–Crippen MR) is 84.2 cm³/mol. The van der Waals surface area contributed by atoms with Crippen molar-refractivity contribution in [1.29, 1.82) is 5.26 Å². The van der Waals surface area contributed by atoms with Gasteiger partial charge in [0.25, 0.3) is 0 Å². The molecule has 4 rings (SSSR count). The molecule has 6 nitrogen and oxygen atoms in total. The van der Waals surface area contributed by atoms with Crippen molar-refractivity contribution in [2.24, 2.45) is 11.8 Å². The summed E-state index contributed by atoms with van der Waals surface area (Å²) in [7, 11) is 0. The van der Waals surface area contributed by atoms with Gasteiger partial charge in [-0.1, -0.05) is 0 Å². The molecular weight excluding hydrogens is 365 g/mol. The average molecular weight is 380 g/mol. The number of alkyl halides is 3. The first-order valence-electron chi connectivity index (χ1n) is 8.31. The van der Waals surface area contributed by atoms with E-state index in [0.29, 0.717) is 6.07 Å². The van der Waals surface area contributed by atoms with Gasteiger partial charge in [-0.2, -0.15) is 18.4 Å². The molecule has 27 heavy (non-hydrogen) atoms. The van der Waals surface area contributed by atoms with Gasteiger partial charge in [-0.05, 0) is 32.0 Å². The summed E-state index contributed by atoms with van der Waals surface area (Å²) in [6, 6.07) is 4.19. The number of anilines is 1. The number of hydrogen-bond donors (Lipinski definition) is 1. The first-order chi connectivity index (χ1) is 12.4. The molecule has 1 N–H and O–H groups in total. The van der Waals surface area contributed by atoms with Crippen LogP contribution in [-0.2, 0) is 20.5 Å². The molecule has 5 atom stereocenters. The van der Waals surface area contributed by atoms with Gasteiger partial charge in [0.1, 0.15) is 5.60 Å². The van der Waals surface area contributed by atoms with Gasteiger partial charge in [0, 0.05) is 6.42 Å². The minimum Gasteiger partial charge on any atom is -0.390 e. The van der Waals surface area contributed by atoms with E-state index in [-0.39, 0.29) is 12.1 Å². The molecule has 0 saturated carbocycles. The number of halogens is 3. The summed E-state index contributed by atoms with van der Waals surface area (Å²) >= 11 is 0. The highest BCUT2D eigenvalue weighted by Crippen LogP contribution is 2.61. The van der Waals surface area contributed by atoms with Gasteiger partial charge in [0.2, 0.25) is 11.8 Å². The highest BCUT2D eigenvalue weighted by atomic mass is 19.4. The number of imide groups is 1. The van der Waals surface area contributed by atoms with Crippen molar-refractivity contribution >= 4 is 17.5 Å². The van der Waals surface area contributed by atoms with Crippen molar-refractivity contribution in [2.75, 3.05) is 4.90 Å². The Bertz CT molecular complexity index is 924. The van der Waals surface area contributed by atoms with Gasteiger partial charge in [0.15, 0.2) is 0 Å². The highest BCUT2D eigenvalue weighted by Gasteiger charge is 2.75. The summed E-state index contributed by atoms with van der Waals surface area (Å²) in [4.78, 5) is 26.6. The second-order valence-corrected chi connectivity index (χ2v) is 7.63. The summed E-state index contributed by atoms with van der Waals surface area (Å²) in [5.41, 5.74) is -4.37. The molecule has 0 radical (unpaired) electrons. The first kappa shape index (κ1) is 17.9. The summed E-state index contributed by atoms with van der Waals surface area (Å²) in [6.07, 6.45) is -5.59. The lowest BCUT2D eigenvalue weighted by Crippen LogP contribution is -2.49. The van der Waals surface area contributed by atoms with E-state index < -0.39 is 58.3 Å². The van der Waals surface area contributed by atoms with Crippen LogP contribution in [0.4, 0.5) is 18.9 Å². The standard InChI is InChI=1S/C18H15F3N2O4/c1-16-6-11(24)17(2,27-16)13-12(16)14(25)23(15(13)26)9-4-3-8(7-22)10(5-9)18(19,20)21/h3-5,11-13,24H,6H2,1-2H3/t11-,12-,13+,16?,17?/m0/s1. The number of ether oxygens (including phenoxy) is 1. The number of aliphatic hydroxyl groups is 1. The van der Waals surface area contributed by atoms with Crippen LogP contribution in [0.1, 0.15) is 31.4 Å². The minimum atomic E-state index is -4.81. The Morgan fingerprint density at radius 2 is 1.89 bits per heavy atom. The van der Waals surface area contributed by atoms with Crippen molar-refractivity contribution in [1.82, 2.24) is 0 Å². The van der Waals surface area contributed by atoms with Crippen LogP contribution in [-0.4, -0.2) is 34.2 Å². The first-order valence-corrected chi connectivity index (χ1v) is 8.31. The Morgan fingerprint density at radius 3 is 2.48 bits per heavy atom. The zero-order valence-corrected chi connectivity index (χ0v) is 14.4. The molecule has 0 spiro atoms. The number of rotatable bonds is 1. The number of aliphatic hydroxyl groups excluding tert-OH is 1. The van der Waals surface area contributed by atoms with Crippen molar-refractivity contribution < 1.29 is 32.6 Å². The second-order valence-electron chi connectivity index (χ2n) is 7.63. The third-order valence-corrected chi connectivity index (χ3v) is 5.98. The Balaban J connectivity index is 1.81. The van der Waals surface area contributed by atoms with Gasteiger partial charge in [-0.3, -0.25) is 9.59 Å². The smallest absolute Gasteiger partial charge is 0.390 e. The van der Waals surface area contributed by atoms with E-state index in [9.17, 15) is 27.9 Å². The Kier molecular flexibility index (Phi) is 3.38. The van der Waals surface area contributed by atoms with E-state index in [2.05, 4.69) is 0 Å². The molecule has 2 amide bonds. The Morgan fingerprint density at radius 1 is 1.26 bits per heavy atom. The topological polar surface area (TPSA) is 90.6 Å². The van der Waals surface area contributed by atoms with Crippen LogP contribution in [0.25, 0.3) is 0 Å². The molecule has 1 aromatic rings. The number of amides is 2. The Hall–Kier alpha value is -2.44. The van der Waals surface area contributed by atoms with Crippen LogP contribution < -0.4 is 4.90 Å². The van der Waals surface area contributed by atoms with Crippen LogP contribution in [0.15, 0.2) is 18.2 Å². The zero-order chi connectivity index (χ0) is 19.9. The largest absolute Gasteiger partial charge is 0.417 e. The average Bonchev–Trinajstić information content (AvgIpc) is 3.07. The fraction of sp³-hybridized carbons (Fsp3) is 0.500. The molecular formula is C18H15F3N2O4. The van der Waals surface area contributed by atoms with E-state index in [0.717, 1.165) is 17.0 Å². The van der Waals surface area contributed by atoms with E-state index in [1.165, 1.54) is 6.07 Å². The summed E-state index contributed by atoms with van der Waals surface area (Å²) in [5.74, 6) is -3.19. The van der Waals surface area contributed by atoms with Crippen molar-refractivity contribution in [3.63, 3.8) is 0 Å². The van der Waals surface area contributed by atoms with Gasteiger partial charge >= 0.3 is 6.18 Å². The lowest BCUT2D eigenvalue weighted by Gasteiger charge is -2.31. The summed E-state index contributed by atoms with van der Waals surface area (Å²) < 4.78 is 45.6. The minimum absolute atomic E-state index is 0.165. The molecule has 0 aromatic heterocycles. The van der Waals surface area contributed by atoms with Crippen LogP contribution >= 0.6 is 0 Å². The zero-order valence-electron chi connectivity index (χ0n) is 14.4.